The van der Waals surface area contributed by atoms with Crippen molar-refractivity contribution in [3.63, 3.8) is 0 Å². The molecule has 4 nitrogen and oxygen atoms in total. The lowest BCUT2D eigenvalue weighted by molar-refractivity contribution is -0.137. The second-order valence-electron chi connectivity index (χ2n) is 3.67. The lowest BCUT2D eigenvalue weighted by Gasteiger charge is -2.36. The van der Waals surface area contributed by atoms with Gasteiger partial charge in [0.25, 0.3) is 0 Å². The molecule has 0 aromatic carbocycles. The topological polar surface area (TPSA) is 60.8 Å². The average Bonchev–Trinajstić information content (AvgIpc) is 2.16. The number of aliphatic hydroxyl groups is 1. The molecule has 3 unspecified atom stereocenters. The van der Waals surface area contributed by atoms with Crippen LogP contribution in [0.25, 0.3) is 0 Å². The first-order chi connectivity index (χ1) is 6.52. The number of rotatable bonds is 3. The molecule has 5 heteroatoms. The number of carboxylic acid groups (broad SMARTS) is 1. The van der Waals surface area contributed by atoms with Crippen LogP contribution >= 0.6 is 11.8 Å². The maximum atomic E-state index is 10.8. The van der Waals surface area contributed by atoms with E-state index < -0.39 is 12.1 Å². The summed E-state index contributed by atoms with van der Waals surface area (Å²) in [4.78, 5) is 12.8. The van der Waals surface area contributed by atoms with Crippen LogP contribution in [0.5, 0.6) is 0 Å². The van der Waals surface area contributed by atoms with Gasteiger partial charge in [-0.1, -0.05) is 0 Å². The highest BCUT2D eigenvalue weighted by Gasteiger charge is 2.29. The van der Waals surface area contributed by atoms with E-state index in [0.29, 0.717) is 6.54 Å². The Morgan fingerprint density at radius 1 is 1.57 bits per heavy atom. The van der Waals surface area contributed by atoms with E-state index in [0.717, 1.165) is 12.3 Å². The molecule has 1 saturated heterocycles. The van der Waals surface area contributed by atoms with Gasteiger partial charge < -0.3 is 10.2 Å². The van der Waals surface area contributed by atoms with Crippen LogP contribution in [0.2, 0.25) is 0 Å². The largest absolute Gasteiger partial charge is 0.480 e. The third kappa shape index (κ3) is 2.87. The molecule has 0 spiro atoms. The van der Waals surface area contributed by atoms with Gasteiger partial charge in [-0.2, -0.15) is 0 Å². The Hall–Kier alpha value is -0.260. The normalized spacial score (nSPS) is 28.4. The molecule has 0 amide bonds. The van der Waals surface area contributed by atoms with Gasteiger partial charge >= 0.3 is 5.97 Å². The Labute approximate surface area is 88.3 Å². The highest BCUT2D eigenvalue weighted by Crippen LogP contribution is 2.21. The predicted molar refractivity (Wildman–Crippen MR) is 56.6 cm³/mol. The van der Waals surface area contributed by atoms with E-state index >= 15 is 0 Å². The Balaban J connectivity index is 2.51. The van der Waals surface area contributed by atoms with Gasteiger partial charge in [0, 0.05) is 24.9 Å². The van der Waals surface area contributed by atoms with Gasteiger partial charge in [-0.25, -0.2) is 0 Å². The molecular weight excluding hydrogens is 202 g/mol. The van der Waals surface area contributed by atoms with E-state index in [2.05, 4.69) is 0 Å². The maximum absolute atomic E-state index is 10.8. The van der Waals surface area contributed by atoms with E-state index in [1.807, 2.05) is 11.8 Å². The summed E-state index contributed by atoms with van der Waals surface area (Å²) >= 11 is 1.48. The van der Waals surface area contributed by atoms with Crippen molar-refractivity contribution in [2.75, 3.05) is 18.8 Å². The Kier molecular flexibility index (Phi) is 4.22. The molecular formula is C9H17NO3S. The van der Waals surface area contributed by atoms with Gasteiger partial charge in [0.15, 0.2) is 0 Å². The van der Waals surface area contributed by atoms with Crippen LogP contribution in [0, 0.1) is 0 Å². The minimum atomic E-state index is -0.752. The first kappa shape index (κ1) is 11.8. The van der Waals surface area contributed by atoms with Crippen molar-refractivity contribution in [3.05, 3.63) is 0 Å². The van der Waals surface area contributed by atoms with Crippen LogP contribution in [0.4, 0.5) is 0 Å². The molecule has 1 aliphatic heterocycles. The third-order valence-corrected chi connectivity index (χ3v) is 3.82. The lowest BCUT2D eigenvalue weighted by Crippen LogP contribution is -2.49. The summed E-state index contributed by atoms with van der Waals surface area (Å²) in [7, 11) is 0. The number of carboxylic acids is 1. The van der Waals surface area contributed by atoms with Gasteiger partial charge in [0.05, 0.1) is 6.10 Å². The maximum Gasteiger partial charge on any atom is 0.317 e. The lowest BCUT2D eigenvalue weighted by atomic mass is 10.1. The minimum Gasteiger partial charge on any atom is -0.480 e. The van der Waals surface area contributed by atoms with Crippen molar-refractivity contribution in [3.8, 4) is 0 Å². The molecule has 1 fully saturated rings. The van der Waals surface area contributed by atoms with Crippen molar-refractivity contribution < 1.29 is 15.0 Å². The second kappa shape index (κ2) is 5.00. The van der Waals surface area contributed by atoms with E-state index in [1.165, 1.54) is 11.8 Å². The molecule has 0 aliphatic carbocycles. The number of carbonyl (C=O) groups is 1. The summed E-state index contributed by atoms with van der Waals surface area (Å²) in [5.41, 5.74) is 0. The van der Waals surface area contributed by atoms with Gasteiger partial charge in [0.2, 0.25) is 0 Å². The first-order valence-corrected chi connectivity index (χ1v) is 5.83. The quantitative estimate of drug-likeness (QED) is 0.713. The fourth-order valence-corrected chi connectivity index (χ4v) is 2.56. The zero-order chi connectivity index (χ0) is 10.7. The summed E-state index contributed by atoms with van der Waals surface area (Å²) in [6.45, 7) is 5.06. The molecule has 2 N–H and O–H groups in total. The molecule has 0 radical (unpaired) electrons. The SMILES string of the molecule is CC(O)C(C)N1CCSC(C(=O)O)C1. The monoisotopic (exact) mass is 219 g/mol. The first-order valence-electron chi connectivity index (χ1n) is 4.79. The van der Waals surface area contributed by atoms with Crippen LogP contribution in [-0.2, 0) is 4.79 Å². The Morgan fingerprint density at radius 2 is 2.21 bits per heavy atom. The number of hydrogen-bond donors (Lipinski definition) is 2. The second-order valence-corrected chi connectivity index (χ2v) is 4.98. The molecule has 0 aromatic heterocycles. The van der Waals surface area contributed by atoms with Crippen molar-refractivity contribution in [2.45, 2.75) is 31.2 Å². The van der Waals surface area contributed by atoms with E-state index in [4.69, 9.17) is 5.11 Å². The number of hydrogen-bond acceptors (Lipinski definition) is 4. The van der Waals surface area contributed by atoms with Crippen LogP contribution in [0.15, 0.2) is 0 Å². The van der Waals surface area contributed by atoms with Crippen LogP contribution < -0.4 is 0 Å². The summed E-state index contributed by atoms with van der Waals surface area (Å²) < 4.78 is 0. The highest BCUT2D eigenvalue weighted by molar-refractivity contribution is 8.00. The number of nitrogens with zero attached hydrogens (tertiary/aromatic N) is 1. The van der Waals surface area contributed by atoms with Crippen molar-refractivity contribution in [2.24, 2.45) is 0 Å². The van der Waals surface area contributed by atoms with Gasteiger partial charge in [-0.15, -0.1) is 11.8 Å². The van der Waals surface area contributed by atoms with Crippen LogP contribution in [0.1, 0.15) is 13.8 Å². The molecule has 14 heavy (non-hydrogen) atoms. The summed E-state index contributed by atoms with van der Waals surface area (Å²) in [5.74, 6) is 0.0751. The zero-order valence-corrected chi connectivity index (χ0v) is 9.33. The van der Waals surface area contributed by atoms with Crippen LogP contribution in [0.3, 0.4) is 0 Å². The van der Waals surface area contributed by atoms with Crippen LogP contribution in [-0.4, -0.2) is 57.3 Å². The minimum absolute atomic E-state index is 0.0396. The van der Waals surface area contributed by atoms with Gasteiger partial charge in [-0.05, 0) is 13.8 Å². The summed E-state index contributed by atoms with van der Waals surface area (Å²) in [5, 5.41) is 17.9. The molecule has 1 rings (SSSR count). The predicted octanol–water partition coefficient (Wildman–Crippen LogP) is 0.258. The van der Waals surface area contributed by atoms with Gasteiger partial charge in [0.1, 0.15) is 5.25 Å². The molecule has 3 atom stereocenters. The summed E-state index contributed by atoms with van der Waals surface area (Å²) in [6, 6.07) is 0.0396. The third-order valence-electron chi connectivity index (χ3n) is 2.65. The molecule has 0 aromatic rings. The highest BCUT2D eigenvalue weighted by atomic mass is 32.2. The molecule has 82 valence electrons. The summed E-state index contributed by atoms with van der Waals surface area (Å²) in [6.07, 6.45) is -0.410. The van der Waals surface area contributed by atoms with Crippen molar-refractivity contribution >= 4 is 17.7 Å². The smallest absolute Gasteiger partial charge is 0.317 e. The molecule has 1 heterocycles. The number of aliphatic hydroxyl groups excluding tert-OH is 1. The van der Waals surface area contributed by atoms with E-state index in [1.54, 1.807) is 6.92 Å². The fourth-order valence-electron chi connectivity index (χ4n) is 1.49. The average molecular weight is 219 g/mol. The van der Waals surface area contributed by atoms with E-state index in [-0.39, 0.29) is 11.3 Å². The van der Waals surface area contributed by atoms with Crippen molar-refractivity contribution in [1.29, 1.82) is 0 Å². The molecule has 0 bridgehead atoms. The fraction of sp³-hybridized carbons (Fsp3) is 0.889. The standard InChI is InChI=1S/C9H17NO3S/c1-6(7(2)11)10-3-4-14-8(5-10)9(12)13/h6-8,11H,3-5H2,1-2H3,(H,12,13). The van der Waals surface area contributed by atoms with E-state index in [9.17, 15) is 9.90 Å². The zero-order valence-electron chi connectivity index (χ0n) is 8.51. The number of thioether (sulfide) groups is 1. The van der Waals surface area contributed by atoms with Gasteiger partial charge in [-0.3, -0.25) is 9.69 Å². The number of aliphatic carboxylic acids is 1. The Morgan fingerprint density at radius 3 is 2.71 bits per heavy atom. The Bertz CT molecular complexity index is 210. The van der Waals surface area contributed by atoms with Crippen molar-refractivity contribution in [1.82, 2.24) is 4.90 Å². The molecule has 0 saturated carbocycles. The molecule has 1 aliphatic rings.